The van der Waals surface area contributed by atoms with Gasteiger partial charge in [0.2, 0.25) is 0 Å². The maximum absolute atomic E-state index is 12.6. The Kier molecular flexibility index (Phi) is 4.90. The zero-order chi connectivity index (χ0) is 15.4. The summed E-state index contributed by atoms with van der Waals surface area (Å²) in [6.07, 6.45) is 3.52. The molecule has 0 aliphatic rings. The van der Waals surface area contributed by atoms with Crippen LogP contribution in [0.1, 0.15) is 35.8 Å². The number of nitrogens with zero attached hydrogens (tertiary/aromatic N) is 4. The first kappa shape index (κ1) is 15.4. The van der Waals surface area contributed by atoms with Crippen LogP contribution in [0.3, 0.4) is 0 Å². The molecule has 0 saturated heterocycles. The number of aromatic nitrogens is 3. The van der Waals surface area contributed by atoms with Crippen molar-refractivity contribution in [3.8, 4) is 0 Å². The van der Waals surface area contributed by atoms with Gasteiger partial charge in [-0.3, -0.25) is 9.48 Å². The number of hydrogen-bond acceptors (Lipinski definition) is 4. The molecule has 2 aromatic heterocycles. The number of unbranched alkanes of at least 4 members (excludes halogenated alkanes) is 1. The molecule has 0 aliphatic heterocycles. The summed E-state index contributed by atoms with van der Waals surface area (Å²) in [5.41, 5.74) is 2.17. The molecule has 6 nitrogen and oxygen atoms in total. The van der Waals surface area contributed by atoms with Crippen LogP contribution in [0, 0.1) is 6.92 Å². The summed E-state index contributed by atoms with van der Waals surface area (Å²) >= 11 is 0. The minimum atomic E-state index is -0.0878. The van der Waals surface area contributed by atoms with Crippen molar-refractivity contribution in [1.82, 2.24) is 19.7 Å². The lowest BCUT2D eigenvalue weighted by Crippen LogP contribution is -2.34. The van der Waals surface area contributed by atoms with E-state index in [9.17, 15) is 4.79 Å². The molecule has 21 heavy (non-hydrogen) atoms. The van der Waals surface area contributed by atoms with E-state index in [0.29, 0.717) is 18.7 Å². The molecule has 0 radical (unpaired) electrons. The summed E-state index contributed by atoms with van der Waals surface area (Å²) in [5, 5.41) is 14.3. The minimum absolute atomic E-state index is 0.0307. The van der Waals surface area contributed by atoms with Crippen LogP contribution in [-0.2, 0) is 7.05 Å². The average Bonchev–Trinajstić information content (AvgIpc) is 2.77. The Bertz CT molecular complexity index is 636. The lowest BCUT2D eigenvalue weighted by Gasteiger charge is -2.21. The number of aryl methyl sites for hydroxylation is 2. The van der Waals surface area contributed by atoms with E-state index in [0.717, 1.165) is 29.6 Å². The third kappa shape index (κ3) is 3.21. The van der Waals surface area contributed by atoms with Crippen molar-refractivity contribution < 1.29 is 9.90 Å². The molecule has 0 aromatic carbocycles. The first-order valence-corrected chi connectivity index (χ1v) is 7.28. The third-order valence-corrected chi connectivity index (χ3v) is 3.55. The highest BCUT2D eigenvalue weighted by Gasteiger charge is 2.17. The number of carbonyl (C=O) groups is 1. The number of hydrogen-bond donors (Lipinski definition) is 1. The van der Waals surface area contributed by atoms with Crippen LogP contribution >= 0.6 is 0 Å². The molecule has 1 amide bonds. The predicted molar refractivity (Wildman–Crippen MR) is 81.1 cm³/mol. The second-order valence-corrected chi connectivity index (χ2v) is 5.17. The van der Waals surface area contributed by atoms with Gasteiger partial charge in [-0.05, 0) is 19.4 Å². The topological polar surface area (TPSA) is 71.2 Å². The molecule has 0 atom stereocenters. The number of rotatable bonds is 6. The first-order valence-electron chi connectivity index (χ1n) is 7.28. The summed E-state index contributed by atoms with van der Waals surface area (Å²) in [4.78, 5) is 18.6. The second kappa shape index (κ2) is 6.67. The van der Waals surface area contributed by atoms with Gasteiger partial charge in [0.25, 0.3) is 5.91 Å². The van der Waals surface area contributed by atoms with Gasteiger partial charge < -0.3 is 10.0 Å². The maximum Gasteiger partial charge on any atom is 0.255 e. The monoisotopic (exact) mass is 290 g/mol. The van der Waals surface area contributed by atoms with Crippen molar-refractivity contribution in [2.75, 3.05) is 19.7 Å². The van der Waals surface area contributed by atoms with Gasteiger partial charge in [-0.1, -0.05) is 13.3 Å². The largest absolute Gasteiger partial charge is 0.395 e. The smallest absolute Gasteiger partial charge is 0.255 e. The van der Waals surface area contributed by atoms with Gasteiger partial charge in [0.05, 0.1) is 17.9 Å². The lowest BCUT2D eigenvalue weighted by atomic mass is 10.2. The van der Waals surface area contributed by atoms with Crippen LogP contribution in [0.25, 0.3) is 11.0 Å². The lowest BCUT2D eigenvalue weighted by molar-refractivity contribution is 0.0719. The summed E-state index contributed by atoms with van der Waals surface area (Å²) in [7, 11) is 1.84. The second-order valence-electron chi connectivity index (χ2n) is 5.17. The summed E-state index contributed by atoms with van der Waals surface area (Å²) < 4.78 is 1.71. The van der Waals surface area contributed by atoms with E-state index in [-0.39, 0.29) is 12.5 Å². The van der Waals surface area contributed by atoms with Gasteiger partial charge in [0.15, 0.2) is 5.65 Å². The number of aliphatic hydroxyl groups excluding tert-OH is 1. The highest BCUT2D eigenvalue weighted by atomic mass is 16.3. The Balaban J connectivity index is 2.30. The van der Waals surface area contributed by atoms with Crippen molar-refractivity contribution in [1.29, 1.82) is 0 Å². The number of carbonyl (C=O) groups excluding carboxylic acids is 1. The van der Waals surface area contributed by atoms with E-state index in [1.807, 2.05) is 20.0 Å². The van der Waals surface area contributed by atoms with Crippen LogP contribution in [0.2, 0.25) is 0 Å². The van der Waals surface area contributed by atoms with Crippen molar-refractivity contribution in [2.24, 2.45) is 7.05 Å². The molecule has 0 fully saturated rings. The number of amides is 1. The maximum atomic E-state index is 12.6. The van der Waals surface area contributed by atoms with Gasteiger partial charge in [-0.15, -0.1) is 0 Å². The van der Waals surface area contributed by atoms with Crippen molar-refractivity contribution in [2.45, 2.75) is 26.7 Å². The summed E-state index contributed by atoms with van der Waals surface area (Å²) in [6.45, 7) is 4.95. The third-order valence-electron chi connectivity index (χ3n) is 3.55. The predicted octanol–water partition coefficient (Wildman–Crippen LogP) is 1.51. The number of pyridine rings is 1. The average molecular weight is 290 g/mol. The SMILES string of the molecule is CCCCN(CCO)C(=O)c1cnc2c(c1)c(C)nn2C. The summed E-state index contributed by atoms with van der Waals surface area (Å²) in [6, 6.07) is 1.84. The molecule has 6 heteroatoms. The van der Waals surface area contributed by atoms with Crippen molar-refractivity contribution in [3.63, 3.8) is 0 Å². The molecule has 114 valence electrons. The van der Waals surface area contributed by atoms with Crippen LogP contribution < -0.4 is 0 Å². The standard InChI is InChI=1S/C15H22N4O2/c1-4-5-6-19(7-8-20)15(21)12-9-13-11(2)17-18(3)14(13)16-10-12/h9-10,20H,4-8H2,1-3H3. The van der Waals surface area contributed by atoms with Crippen LogP contribution in [0.5, 0.6) is 0 Å². The first-order chi connectivity index (χ1) is 10.1. The zero-order valence-electron chi connectivity index (χ0n) is 12.8. The minimum Gasteiger partial charge on any atom is -0.395 e. The van der Waals surface area contributed by atoms with E-state index in [4.69, 9.17) is 5.11 Å². The van der Waals surface area contributed by atoms with E-state index in [1.165, 1.54) is 0 Å². The Labute approximate surface area is 124 Å². The molecule has 0 aliphatic carbocycles. The van der Waals surface area contributed by atoms with Crippen LogP contribution in [0.15, 0.2) is 12.3 Å². The van der Waals surface area contributed by atoms with E-state index in [2.05, 4.69) is 17.0 Å². The molecule has 2 heterocycles. The fraction of sp³-hybridized carbons (Fsp3) is 0.533. The zero-order valence-corrected chi connectivity index (χ0v) is 12.8. The van der Waals surface area contributed by atoms with Gasteiger partial charge >= 0.3 is 0 Å². The van der Waals surface area contributed by atoms with Crippen LogP contribution in [-0.4, -0.2) is 50.4 Å². The highest BCUT2D eigenvalue weighted by Crippen LogP contribution is 2.17. The van der Waals surface area contributed by atoms with E-state index in [1.54, 1.807) is 15.8 Å². The Morgan fingerprint density at radius 2 is 2.19 bits per heavy atom. The molecule has 1 N–H and O–H groups in total. The van der Waals surface area contributed by atoms with Crippen molar-refractivity contribution >= 4 is 16.9 Å². The van der Waals surface area contributed by atoms with Crippen molar-refractivity contribution in [3.05, 3.63) is 23.5 Å². The molecule has 0 spiro atoms. The molecule has 0 saturated carbocycles. The molecular formula is C15H22N4O2. The summed E-state index contributed by atoms with van der Waals surface area (Å²) in [5.74, 6) is -0.0878. The number of fused-ring (bicyclic) bond motifs is 1. The van der Waals surface area contributed by atoms with Crippen LogP contribution in [0.4, 0.5) is 0 Å². The molecule has 2 aromatic rings. The fourth-order valence-electron chi connectivity index (χ4n) is 2.39. The Morgan fingerprint density at radius 1 is 1.43 bits per heavy atom. The van der Waals surface area contributed by atoms with E-state index < -0.39 is 0 Å². The highest BCUT2D eigenvalue weighted by molar-refractivity contribution is 5.97. The van der Waals surface area contributed by atoms with Gasteiger partial charge in [0, 0.05) is 31.7 Å². The fourth-order valence-corrected chi connectivity index (χ4v) is 2.39. The Morgan fingerprint density at radius 3 is 2.86 bits per heavy atom. The van der Waals surface area contributed by atoms with Gasteiger partial charge in [-0.25, -0.2) is 4.98 Å². The molecular weight excluding hydrogens is 268 g/mol. The quantitative estimate of drug-likeness (QED) is 0.875. The normalized spacial score (nSPS) is 11.0. The van der Waals surface area contributed by atoms with E-state index >= 15 is 0 Å². The Hall–Kier alpha value is -1.95. The molecule has 0 bridgehead atoms. The number of aliphatic hydroxyl groups is 1. The molecule has 2 rings (SSSR count). The molecule has 0 unspecified atom stereocenters. The van der Waals surface area contributed by atoms with Gasteiger partial charge in [0.1, 0.15) is 0 Å². The van der Waals surface area contributed by atoms with Gasteiger partial charge in [-0.2, -0.15) is 5.10 Å².